The largest absolute Gasteiger partial charge is 0.465 e. The van der Waals surface area contributed by atoms with Crippen LogP contribution in [0.15, 0.2) is 46.6 Å². The molecule has 1 aromatic heterocycles. The zero-order valence-electron chi connectivity index (χ0n) is 16.4. The molecule has 3 heterocycles. The number of carbonyl (C=O) groups excluding carboxylic acids is 2. The topological polar surface area (TPSA) is 115 Å². The molecule has 2 aliphatic heterocycles. The van der Waals surface area contributed by atoms with Crippen LogP contribution < -0.4 is 20.9 Å². The standard InChI is InChI=1S/C21H21N3O5/c1-4-9-24-13-8-6-5-7-12(13)21(20(24)27)15-14(10-11(2)23-18(15)25)29-17(22)16(21)19(26)28-3/h5-8,10H,4,9,22H2,1-3H3,(H,23,25). The first-order chi connectivity index (χ1) is 13.9. The predicted molar refractivity (Wildman–Crippen MR) is 106 cm³/mol. The Hall–Kier alpha value is -3.55. The molecular formula is C21H21N3O5. The highest BCUT2D eigenvalue weighted by atomic mass is 16.5. The molecule has 1 amide bonds. The predicted octanol–water partition coefficient (Wildman–Crippen LogP) is 1.46. The summed E-state index contributed by atoms with van der Waals surface area (Å²) in [4.78, 5) is 44.2. The molecule has 0 bridgehead atoms. The summed E-state index contributed by atoms with van der Waals surface area (Å²) < 4.78 is 10.6. The molecule has 2 aromatic rings. The number of hydrogen-bond acceptors (Lipinski definition) is 6. The van der Waals surface area contributed by atoms with Crippen molar-refractivity contribution >= 4 is 17.6 Å². The van der Waals surface area contributed by atoms with Crippen LogP contribution in [-0.2, 0) is 19.7 Å². The highest BCUT2D eigenvalue weighted by molar-refractivity contribution is 6.18. The Bertz CT molecular complexity index is 1130. The number of carbonyl (C=O) groups is 2. The number of para-hydroxylation sites is 1. The summed E-state index contributed by atoms with van der Waals surface area (Å²) in [7, 11) is 1.19. The van der Waals surface area contributed by atoms with Gasteiger partial charge in [0.05, 0.1) is 12.7 Å². The molecule has 1 unspecified atom stereocenters. The maximum atomic E-state index is 13.9. The number of anilines is 1. The van der Waals surface area contributed by atoms with Gasteiger partial charge in [0.15, 0.2) is 0 Å². The first-order valence-corrected chi connectivity index (χ1v) is 9.30. The second kappa shape index (κ2) is 6.51. The number of amides is 1. The van der Waals surface area contributed by atoms with Crippen LogP contribution in [0, 0.1) is 6.92 Å². The Balaban J connectivity index is 2.18. The van der Waals surface area contributed by atoms with Gasteiger partial charge in [-0.3, -0.25) is 9.59 Å². The number of H-pyrrole nitrogens is 1. The molecule has 0 fully saturated rings. The van der Waals surface area contributed by atoms with Crippen LogP contribution in [0.2, 0.25) is 0 Å². The molecule has 8 nitrogen and oxygen atoms in total. The van der Waals surface area contributed by atoms with Crippen LogP contribution in [-0.4, -0.2) is 30.5 Å². The molecule has 0 saturated heterocycles. The number of nitrogens with one attached hydrogen (secondary N) is 1. The maximum Gasteiger partial charge on any atom is 0.340 e. The van der Waals surface area contributed by atoms with E-state index in [9.17, 15) is 14.4 Å². The van der Waals surface area contributed by atoms with Gasteiger partial charge in [-0.2, -0.15) is 0 Å². The van der Waals surface area contributed by atoms with Crippen molar-refractivity contribution in [3.8, 4) is 5.75 Å². The number of aromatic nitrogens is 1. The van der Waals surface area contributed by atoms with Gasteiger partial charge in [0.25, 0.3) is 5.56 Å². The van der Waals surface area contributed by atoms with E-state index < -0.39 is 22.9 Å². The molecule has 3 N–H and O–H groups in total. The van der Waals surface area contributed by atoms with E-state index in [4.69, 9.17) is 15.2 Å². The molecule has 1 spiro atoms. The van der Waals surface area contributed by atoms with Crippen LogP contribution in [0.25, 0.3) is 0 Å². The zero-order chi connectivity index (χ0) is 20.9. The number of nitrogens with zero attached hydrogens (tertiary/aromatic N) is 1. The number of hydrogen-bond donors (Lipinski definition) is 2. The lowest BCUT2D eigenvalue weighted by Gasteiger charge is -2.35. The highest BCUT2D eigenvalue weighted by Gasteiger charge is 2.62. The third kappa shape index (κ3) is 2.35. The summed E-state index contributed by atoms with van der Waals surface area (Å²) in [6, 6.07) is 8.68. The van der Waals surface area contributed by atoms with Crippen molar-refractivity contribution in [1.29, 1.82) is 0 Å². The van der Waals surface area contributed by atoms with Crippen molar-refractivity contribution in [3.63, 3.8) is 0 Å². The van der Waals surface area contributed by atoms with Crippen molar-refractivity contribution in [1.82, 2.24) is 4.98 Å². The highest BCUT2D eigenvalue weighted by Crippen LogP contribution is 2.54. The summed E-state index contributed by atoms with van der Waals surface area (Å²) in [6.45, 7) is 4.06. The van der Waals surface area contributed by atoms with Gasteiger partial charge in [-0.1, -0.05) is 25.1 Å². The summed E-state index contributed by atoms with van der Waals surface area (Å²) in [5, 5.41) is 0. The van der Waals surface area contributed by atoms with Crippen molar-refractivity contribution in [2.45, 2.75) is 25.7 Å². The number of methoxy groups -OCH3 is 1. The lowest BCUT2D eigenvalue weighted by atomic mass is 9.68. The molecule has 150 valence electrons. The normalized spacial score (nSPS) is 19.8. The number of aryl methyl sites for hydroxylation is 1. The second-order valence-electron chi connectivity index (χ2n) is 7.08. The third-order valence-corrected chi connectivity index (χ3v) is 5.35. The molecule has 0 saturated carbocycles. The minimum Gasteiger partial charge on any atom is -0.465 e. The average Bonchev–Trinajstić information content (AvgIpc) is 2.91. The Labute approximate surface area is 166 Å². The molecule has 1 atom stereocenters. The molecule has 1 aromatic carbocycles. The summed E-state index contributed by atoms with van der Waals surface area (Å²) >= 11 is 0. The molecular weight excluding hydrogens is 374 g/mol. The number of aromatic amines is 1. The van der Waals surface area contributed by atoms with Gasteiger partial charge in [-0.05, 0) is 19.4 Å². The maximum absolute atomic E-state index is 13.9. The fraction of sp³-hybridized carbons (Fsp3) is 0.286. The summed E-state index contributed by atoms with van der Waals surface area (Å²) in [5.74, 6) is -1.36. The van der Waals surface area contributed by atoms with Crippen molar-refractivity contribution in [2.75, 3.05) is 18.6 Å². The Kier molecular flexibility index (Phi) is 4.22. The van der Waals surface area contributed by atoms with E-state index in [-0.39, 0.29) is 22.8 Å². The Morgan fingerprint density at radius 2 is 2.03 bits per heavy atom. The van der Waals surface area contributed by atoms with Gasteiger partial charge in [0.2, 0.25) is 11.8 Å². The number of ether oxygens (including phenoxy) is 2. The average molecular weight is 395 g/mol. The number of nitrogens with two attached hydrogens (primary N) is 1. The van der Waals surface area contributed by atoms with E-state index in [1.165, 1.54) is 7.11 Å². The fourth-order valence-corrected chi connectivity index (χ4v) is 4.31. The SMILES string of the molecule is CCCN1C(=O)C2(C(C(=O)OC)=C(N)Oc3cc(C)[nH]c(=O)c32)c2ccccc21. The number of esters is 1. The van der Waals surface area contributed by atoms with E-state index in [0.29, 0.717) is 29.9 Å². The first-order valence-electron chi connectivity index (χ1n) is 9.30. The van der Waals surface area contributed by atoms with Gasteiger partial charge in [-0.15, -0.1) is 0 Å². The molecule has 2 aliphatic rings. The molecule has 0 aliphatic carbocycles. The number of rotatable bonds is 3. The molecule has 4 rings (SSSR count). The van der Waals surface area contributed by atoms with Crippen LogP contribution in [0.5, 0.6) is 5.75 Å². The van der Waals surface area contributed by atoms with E-state index in [2.05, 4.69) is 4.98 Å². The lowest BCUT2D eigenvalue weighted by molar-refractivity contribution is -0.138. The first kappa shape index (κ1) is 18.8. The van der Waals surface area contributed by atoms with Gasteiger partial charge in [0, 0.05) is 29.6 Å². The minimum atomic E-state index is -1.74. The number of fused-ring (bicyclic) bond motifs is 4. The number of pyridine rings is 1. The smallest absolute Gasteiger partial charge is 0.340 e. The quantitative estimate of drug-likeness (QED) is 0.761. The van der Waals surface area contributed by atoms with E-state index >= 15 is 0 Å². The zero-order valence-corrected chi connectivity index (χ0v) is 16.4. The van der Waals surface area contributed by atoms with Gasteiger partial charge >= 0.3 is 5.97 Å². The third-order valence-electron chi connectivity index (χ3n) is 5.35. The Morgan fingerprint density at radius 3 is 2.72 bits per heavy atom. The van der Waals surface area contributed by atoms with Crippen LogP contribution in [0.4, 0.5) is 5.69 Å². The van der Waals surface area contributed by atoms with Crippen molar-refractivity contribution < 1.29 is 19.1 Å². The second-order valence-corrected chi connectivity index (χ2v) is 7.08. The molecule has 0 radical (unpaired) electrons. The van der Waals surface area contributed by atoms with E-state index in [0.717, 1.165) is 0 Å². The van der Waals surface area contributed by atoms with Crippen LogP contribution >= 0.6 is 0 Å². The summed E-state index contributed by atoms with van der Waals surface area (Å²) in [6.07, 6.45) is 0.691. The molecule has 8 heteroatoms. The summed E-state index contributed by atoms with van der Waals surface area (Å²) in [5.41, 5.74) is 5.41. The fourth-order valence-electron chi connectivity index (χ4n) is 4.31. The van der Waals surface area contributed by atoms with Crippen molar-refractivity contribution in [3.05, 3.63) is 69.0 Å². The van der Waals surface area contributed by atoms with Crippen LogP contribution in [0.1, 0.15) is 30.2 Å². The van der Waals surface area contributed by atoms with Crippen molar-refractivity contribution in [2.24, 2.45) is 5.73 Å². The van der Waals surface area contributed by atoms with E-state index in [1.807, 2.05) is 6.92 Å². The number of benzene rings is 1. The van der Waals surface area contributed by atoms with Crippen LogP contribution in [0.3, 0.4) is 0 Å². The monoisotopic (exact) mass is 395 g/mol. The van der Waals surface area contributed by atoms with Gasteiger partial charge in [-0.25, -0.2) is 4.79 Å². The van der Waals surface area contributed by atoms with Gasteiger partial charge in [0.1, 0.15) is 16.7 Å². The molecule has 29 heavy (non-hydrogen) atoms. The Morgan fingerprint density at radius 1 is 1.31 bits per heavy atom. The minimum absolute atomic E-state index is 0.0359. The lowest BCUT2D eigenvalue weighted by Crippen LogP contribution is -2.51. The van der Waals surface area contributed by atoms with Gasteiger partial charge < -0.3 is 25.1 Å². The van der Waals surface area contributed by atoms with E-state index in [1.54, 1.807) is 42.2 Å².